The minimum Gasteiger partial charge on any atom is -0.171 e. The summed E-state index contributed by atoms with van der Waals surface area (Å²) in [5.41, 5.74) is 0.704. The first-order chi connectivity index (χ1) is 9.31. The lowest BCUT2D eigenvalue weighted by Gasteiger charge is -2.29. The van der Waals surface area contributed by atoms with Gasteiger partial charge in [0, 0.05) is 14.5 Å². The van der Waals surface area contributed by atoms with Gasteiger partial charge in [-0.25, -0.2) is 0 Å². The molecule has 1 atom stereocenters. The monoisotopic (exact) mass is 324 g/mol. The molecule has 128 valence electrons. The molecule has 0 saturated heterocycles. The molecule has 21 heavy (non-hydrogen) atoms. The summed E-state index contributed by atoms with van der Waals surface area (Å²) in [6.07, 6.45) is 2.68. The number of alkyl halides is 3. The van der Waals surface area contributed by atoms with Crippen molar-refractivity contribution in [2.45, 2.75) is 103 Å². The molecule has 0 heterocycles. The van der Waals surface area contributed by atoms with Crippen LogP contribution in [-0.2, 0) is 0 Å². The molecule has 0 aromatic rings. The molecule has 0 aromatic carbocycles. The molecule has 0 fully saturated rings. The minimum absolute atomic E-state index is 0.307. The smallest absolute Gasteiger partial charge is 0.171 e. The van der Waals surface area contributed by atoms with E-state index < -0.39 is 20.7 Å². The molecule has 0 bridgehead atoms. The van der Waals surface area contributed by atoms with Crippen LogP contribution in [0, 0.1) is 5.41 Å². The number of halogens is 3. The van der Waals surface area contributed by atoms with Gasteiger partial charge in [-0.05, 0) is 23.8 Å². The van der Waals surface area contributed by atoms with E-state index in [4.69, 9.17) is 0 Å². The first-order valence-corrected chi connectivity index (χ1v) is 12.0. The van der Waals surface area contributed by atoms with Gasteiger partial charge in [0.25, 0.3) is 0 Å². The lowest BCUT2D eigenvalue weighted by Crippen LogP contribution is -2.29. The topological polar surface area (TPSA) is 0 Å². The lowest BCUT2D eigenvalue weighted by molar-refractivity contribution is -0.135. The molecule has 0 rings (SSSR count). The Morgan fingerprint density at radius 2 is 1.29 bits per heavy atom. The van der Waals surface area contributed by atoms with Crippen LogP contribution >= 0.6 is 0 Å². The fourth-order valence-electron chi connectivity index (χ4n) is 2.75. The Labute approximate surface area is 130 Å². The van der Waals surface area contributed by atoms with Crippen molar-refractivity contribution in [3.8, 4) is 0 Å². The molecule has 0 nitrogen and oxygen atoms in total. The van der Waals surface area contributed by atoms with E-state index in [0.29, 0.717) is 17.4 Å². The van der Waals surface area contributed by atoms with Crippen molar-refractivity contribution in [1.82, 2.24) is 0 Å². The molecule has 0 N–H and O–H groups in total. The van der Waals surface area contributed by atoms with Gasteiger partial charge in [0.15, 0.2) is 0 Å². The van der Waals surface area contributed by atoms with Crippen LogP contribution in [-0.4, -0.2) is 14.3 Å². The summed E-state index contributed by atoms with van der Waals surface area (Å²) in [6, 6.07) is 0. The standard InChI is InChI=1S/C17H35F3Si/c1-16(2,3)13-10-8-7-9-11-15(21(4,5)6)12-14-17(18,19)20/h15H,7-14H2,1-6H3. The fraction of sp³-hybridized carbons (Fsp3) is 1.00. The Balaban J connectivity index is 3.98. The van der Waals surface area contributed by atoms with Gasteiger partial charge in [-0.2, -0.15) is 13.2 Å². The maximum atomic E-state index is 12.4. The van der Waals surface area contributed by atoms with Gasteiger partial charge in [0.1, 0.15) is 0 Å². The van der Waals surface area contributed by atoms with Gasteiger partial charge in [-0.1, -0.05) is 72.5 Å². The first kappa shape index (κ1) is 21.0. The summed E-state index contributed by atoms with van der Waals surface area (Å²) < 4.78 is 37.3. The molecular formula is C17H35F3Si. The molecule has 0 aliphatic heterocycles. The third-order valence-electron chi connectivity index (χ3n) is 4.23. The maximum Gasteiger partial charge on any atom is 0.389 e. The third kappa shape index (κ3) is 13.4. The van der Waals surface area contributed by atoms with Crippen LogP contribution in [0.15, 0.2) is 0 Å². The van der Waals surface area contributed by atoms with E-state index >= 15 is 0 Å². The first-order valence-electron chi connectivity index (χ1n) is 8.38. The van der Waals surface area contributed by atoms with Crippen molar-refractivity contribution in [3.05, 3.63) is 0 Å². The number of hydrogen-bond donors (Lipinski definition) is 0. The molecule has 1 unspecified atom stereocenters. The predicted molar refractivity (Wildman–Crippen MR) is 89.5 cm³/mol. The van der Waals surface area contributed by atoms with E-state index in [9.17, 15) is 13.2 Å². The molecule has 4 heteroatoms. The van der Waals surface area contributed by atoms with Gasteiger partial charge in [-0.3, -0.25) is 0 Å². The second kappa shape index (κ2) is 8.59. The zero-order valence-corrected chi connectivity index (χ0v) is 15.9. The van der Waals surface area contributed by atoms with E-state index in [1.807, 2.05) is 0 Å². The molecule has 0 aliphatic carbocycles. The molecule has 0 spiro atoms. The van der Waals surface area contributed by atoms with E-state index in [-0.39, 0.29) is 0 Å². The summed E-state index contributed by atoms with van der Waals surface area (Å²) >= 11 is 0. The van der Waals surface area contributed by atoms with Crippen molar-refractivity contribution < 1.29 is 13.2 Å². The summed E-state index contributed by atoms with van der Waals surface area (Å²) in [6.45, 7) is 13.4. The second-order valence-electron chi connectivity index (χ2n) is 8.73. The van der Waals surface area contributed by atoms with E-state index in [0.717, 1.165) is 12.8 Å². The number of unbranched alkanes of at least 4 members (excludes halogenated alkanes) is 3. The van der Waals surface area contributed by atoms with Gasteiger partial charge in [0.05, 0.1) is 0 Å². The van der Waals surface area contributed by atoms with Crippen LogP contribution in [0.25, 0.3) is 0 Å². The second-order valence-corrected chi connectivity index (χ2v) is 14.3. The van der Waals surface area contributed by atoms with E-state index in [1.165, 1.54) is 25.7 Å². The summed E-state index contributed by atoms with van der Waals surface area (Å²) in [5.74, 6) is 0. The summed E-state index contributed by atoms with van der Waals surface area (Å²) in [5, 5.41) is 0. The highest BCUT2D eigenvalue weighted by Gasteiger charge is 2.32. The van der Waals surface area contributed by atoms with Crippen LogP contribution in [0.1, 0.15) is 72.1 Å². The Kier molecular flexibility index (Phi) is 8.59. The van der Waals surface area contributed by atoms with Gasteiger partial charge in [0.2, 0.25) is 0 Å². The maximum absolute atomic E-state index is 12.4. The quantitative estimate of drug-likeness (QED) is 0.306. The normalized spacial score (nSPS) is 15.3. The minimum atomic E-state index is -4.00. The SMILES string of the molecule is CC(C)(C)CCCCCCC(CCC(F)(F)F)[Si](C)(C)C. The molecule has 0 amide bonds. The van der Waals surface area contributed by atoms with Crippen LogP contribution in [0.2, 0.25) is 25.2 Å². The zero-order valence-electron chi connectivity index (χ0n) is 14.9. The van der Waals surface area contributed by atoms with Crippen LogP contribution < -0.4 is 0 Å². The molecule has 0 aromatic heterocycles. The van der Waals surface area contributed by atoms with Crippen molar-refractivity contribution >= 4 is 8.07 Å². The van der Waals surface area contributed by atoms with Crippen molar-refractivity contribution in [1.29, 1.82) is 0 Å². The van der Waals surface area contributed by atoms with Crippen LogP contribution in [0.4, 0.5) is 13.2 Å². The highest BCUT2D eigenvalue weighted by Crippen LogP contribution is 2.36. The summed E-state index contributed by atoms with van der Waals surface area (Å²) in [4.78, 5) is 0. The third-order valence-corrected chi connectivity index (χ3v) is 7.26. The Morgan fingerprint density at radius 3 is 1.71 bits per heavy atom. The summed E-state index contributed by atoms with van der Waals surface area (Å²) in [7, 11) is -1.48. The van der Waals surface area contributed by atoms with Crippen molar-refractivity contribution in [2.75, 3.05) is 0 Å². The van der Waals surface area contributed by atoms with Gasteiger partial charge >= 0.3 is 6.18 Å². The molecular weight excluding hydrogens is 289 g/mol. The Morgan fingerprint density at radius 1 is 0.762 bits per heavy atom. The molecule has 0 aliphatic rings. The van der Waals surface area contributed by atoms with Gasteiger partial charge < -0.3 is 0 Å². The van der Waals surface area contributed by atoms with Crippen molar-refractivity contribution in [2.24, 2.45) is 5.41 Å². The van der Waals surface area contributed by atoms with Gasteiger partial charge in [-0.15, -0.1) is 0 Å². The average Bonchev–Trinajstić information content (AvgIpc) is 2.22. The zero-order chi connectivity index (χ0) is 16.7. The lowest BCUT2D eigenvalue weighted by atomic mass is 9.89. The van der Waals surface area contributed by atoms with E-state index in [1.54, 1.807) is 0 Å². The van der Waals surface area contributed by atoms with Crippen LogP contribution in [0.5, 0.6) is 0 Å². The van der Waals surface area contributed by atoms with Crippen molar-refractivity contribution in [3.63, 3.8) is 0 Å². The number of hydrogen-bond acceptors (Lipinski definition) is 0. The number of rotatable bonds is 9. The largest absolute Gasteiger partial charge is 0.389 e. The fourth-order valence-corrected chi connectivity index (χ4v) is 4.83. The Hall–Kier alpha value is 0.00688. The van der Waals surface area contributed by atoms with Crippen LogP contribution in [0.3, 0.4) is 0 Å². The molecule has 0 radical (unpaired) electrons. The highest BCUT2D eigenvalue weighted by atomic mass is 28.3. The average molecular weight is 325 g/mol. The van der Waals surface area contributed by atoms with E-state index in [2.05, 4.69) is 40.4 Å². The predicted octanol–water partition coefficient (Wildman–Crippen LogP) is 7.42. The highest BCUT2D eigenvalue weighted by molar-refractivity contribution is 6.77. The Bertz CT molecular complexity index is 271. The molecule has 0 saturated carbocycles.